The van der Waals surface area contributed by atoms with E-state index in [2.05, 4.69) is 4.98 Å². The standard InChI is InChI=1S/C19H27N3O4/c1-12-13(2)16(17(23)20-14(12)3)19(25)22-6-4-5-15(11-22)18(24)21-7-9-26-10-8-21/h15H,4-11H2,1-3H3,(H,20,23). The van der Waals surface area contributed by atoms with Crippen molar-refractivity contribution in [2.45, 2.75) is 33.6 Å². The van der Waals surface area contributed by atoms with Crippen molar-refractivity contribution in [3.8, 4) is 0 Å². The number of nitrogens with zero attached hydrogens (tertiary/aromatic N) is 2. The van der Waals surface area contributed by atoms with Crippen molar-refractivity contribution in [1.82, 2.24) is 14.8 Å². The first-order chi connectivity index (χ1) is 12.4. The lowest BCUT2D eigenvalue weighted by Gasteiger charge is -2.36. The monoisotopic (exact) mass is 361 g/mol. The number of likely N-dealkylation sites (tertiary alicyclic amines) is 1. The Morgan fingerprint density at radius 2 is 1.73 bits per heavy atom. The molecule has 3 rings (SSSR count). The molecule has 2 aliphatic heterocycles. The summed E-state index contributed by atoms with van der Waals surface area (Å²) in [6, 6.07) is 0. The molecule has 0 aliphatic carbocycles. The number of hydrogen-bond acceptors (Lipinski definition) is 4. The van der Waals surface area contributed by atoms with Crippen LogP contribution < -0.4 is 5.56 Å². The van der Waals surface area contributed by atoms with Crippen molar-refractivity contribution in [2.75, 3.05) is 39.4 Å². The number of ether oxygens (including phenoxy) is 1. The van der Waals surface area contributed by atoms with Gasteiger partial charge in [0.25, 0.3) is 11.5 Å². The highest BCUT2D eigenvalue weighted by Gasteiger charge is 2.33. The van der Waals surface area contributed by atoms with E-state index in [4.69, 9.17) is 4.74 Å². The van der Waals surface area contributed by atoms with Gasteiger partial charge in [-0.3, -0.25) is 14.4 Å². The Morgan fingerprint density at radius 3 is 2.42 bits per heavy atom. The molecule has 2 fully saturated rings. The summed E-state index contributed by atoms with van der Waals surface area (Å²) in [5, 5.41) is 0. The van der Waals surface area contributed by atoms with Gasteiger partial charge in [-0.1, -0.05) is 0 Å². The summed E-state index contributed by atoms with van der Waals surface area (Å²) in [5.41, 5.74) is 2.27. The maximum atomic E-state index is 13.0. The highest BCUT2D eigenvalue weighted by Crippen LogP contribution is 2.22. The van der Waals surface area contributed by atoms with Crippen LogP contribution in [0.4, 0.5) is 0 Å². The van der Waals surface area contributed by atoms with Gasteiger partial charge >= 0.3 is 0 Å². The number of morpholine rings is 1. The summed E-state index contributed by atoms with van der Waals surface area (Å²) >= 11 is 0. The van der Waals surface area contributed by atoms with E-state index in [0.29, 0.717) is 39.4 Å². The minimum Gasteiger partial charge on any atom is -0.378 e. The summed E-state index contributed by atoms with van der Waals surface area (Å²) in [5.74, 6) is -0.375. The number of carbonyl (C=O) groups is 2. The third kappa shape index (κ3) is 3.53. The van der Waals surface area contributed by atoms with Crippen molar-refractivity contribution in [2.24, 2.45) is 5.92 Å². The fraction of sp³-hybridized carbons (Fsp3) is 0.632. The number of rotatable bonds is 2. The molecule has 2 aliphatic rings. The van der Waals surface area contributed by atoms with E-state index in [1.165, 1.54) is 0 Å². The first kappa shape index (κ1) is 18.6. The topological polar surface area (TPSA) is 82.7 Å². The Hall–Kier alpha value is -2.15. The number of piperidine rings is 1. The molecule has 0 radical (unpaired) electrons. The maximum Gasteiger partial charge on any atom is 0.261 e. The quantitative estimate of drug-likeness (QED) is 0.852. The molecular weight excluding hydrogens is 334 g/mol. The van der Waals surface area contributed by atoms with E-state index in [9.17, 15) is 14.4 Å². The Balaban J connectivity index is 1.77. The fourth-order valence-corrected chi connectivity index (χ4v) is 3.79. The van der Waals surface area contributed by atoms with Gasteiger partial charge in [-0.15, -0.1) is 0 Å². The molecule has 1 aromatic heterocycles. The van der Waals surface area contributed by atoms with Crippen molar-refractivity contribution in [3.05, 3.63) is 32.7 Å². The molecule has 142 valence electrons. The van der Waals surface area contributed by atoms with E-state index in [1.54, 1.807) is 4.90 Å². The lowest BCUT2D eigenvalue weighted by Crippen LogP contribution is -2.50. The third-order valence-electron chi connectivity index (χ3n) is 5.62. The van der Waals surface area contributed by atoms with Gasteiger partial charge in [0.15, 0.2) is 0 Å². The lowest BCUT2D eigenvalue weighted by atomic mass is 9.95. The highest BCUT2D eigenvalue weighted by molar-refractivity contribution is 5.96. The minimum absolute atomic E-state index is 0.0940. The summed E-state index contributed by atoms with van der Waals surface area (Å²) < 4.78 is 5.30. The van der Waals surface area contributed by atoms with Gasteiger partial charge < -0.3 is 19.5 Å². The van der Waals surface area contributed by atoms with E-state index in [1.807, 2.05) is 25.7 Å². The molecule has 0 bridgehead atoms. The molecule has 2 saturated heterocycles. The van der Waals surface area contributed by atoms with Crippen molar-refractivity contribution in [3.63, 3.8) is 0 Å². The van der Waals surface area contributed by atoms with Crippen LogP contribution in [0, 0.1) is 26.7 Å². The van der Waals surface area contributed by atoms with E-state index >= 15 is 0 Å². The molecule has 0 aromatic carbocycles. The SMILES string of the molecule is Cc1[nH]c(=O)c(C(=O)N2CCCC(C(=O)N3CCOCC3)C2)c(C)c1C. The summed E-state index contributed by atoms with van der Waals surface area (Å²) in [6.07, 6.45) is 1.55. The Bertz CT molecular complexity index is 765. The number of hydrogen-bond donors (Lipinski definition) is 1. The molecule has 1 atom stereocenters. The number of nitrogens with one attached hydrogen (secondary N) is 1. The van der Waals surface area contributed by atoms with Crippen LogP contribution >= 0.6 is 0 Å². The second kappa shape index (κ2) is 7.61. The predicted octanol–water partition coefficient (Wildman–Crippen LogP) is 1.01. The lowest BCUT2D eigenvalue weighted by molar-refractivity contribution is -0.141. The smallest absolute Gasteiger partial charge is 0.261 e. The van der Waals surface area contributed by atoms with Crippen LogP contribution in [0.5, 0.6) is 0 Å². The van der Waals surface area contributed by atoms with E-state index in [-0.39, 0.29) is 28.9 Å². The van der Waals surface area contributed by atoms with Gasteiger partial charge in [0.2, 0.25) is 5.91 Å². The Kier molecular flexibility index (Phi) is 5.46. The van der Waals surface area contributed by atoms with Gasteiger partial charge in [-0.05, 0) is 44.7 Å². The number of aryl methyl sites for hydroxylation is 1. The van der Waals surface area contributed by atoms with Crippen molar-refractivity contribution >= 4 is 11.8 Å². The molecule has 1 aromatic rings. The van der Waals surface area contributed by atoms with Crippen molar-refractivity contribution in [1.29, 1.82) is 0 Å². The highest BCUT2D eigenvalue weighted by atomic mass is 16.5. The summed E-state index contributed by atoms with van der Waals surface area (Å²) in [6.45, 7) is 8.85. The average Bonchev–Trinajstić information content (AvgIpc) is 2.66. The molecule has 2 amide bonds. The summed E-state index contributed by atoms with van der Waals surface area (Å²) in [7, 11) is 0. The molecule has 26 heavy (non-hydrogen) atoms. The number of H-pyrrole nitrogens is 1. The molecule has 1 N–H and O–H groups in total. The molecule has 0 saturated carbocycles. The van der Waals surface area contributed by atoms with E-state index < -0.39 is 0 Å². The van der Waals surface area contributed by atoms with Gasteiger partial charge in [-0.2, -0.15) is 0 Å². The number of aromatic nitrogens is 1. The van der Waals surface area contributed by atoms with Crippen LogP contribution in [0.15, 0.2) is 4.79 Å². The largest absolute Gasteiger partial charge is 0.378 e. The summed E-state index contributed by atoms with van der Waals surface area (Å²) in [4.78, 5) is 44.4. The number of carbonyl (C=O) groups excluding carboxylic acids is 2. The second-order valence-electron chi connectivity index (χ2n) is 7.23. The Morgan fingerprint density at radius 1 is 1.04 bits per heavy atom. The molecule has 3 heterocycles. The second-order valence-corrected chi connectivity index (χ2v) is 7.23. The number of pyridine rings is 1. The van der Waals surface area contributed by atoms with Gasteiger partial charge in [0.1, 0.15) is 5.56 Å². The van der Waals surface area contributed by atoms with Crippen LogP contribution in [0.3, 0.4) is 0 Å². The van der Waals surface area contributed by atoms with Crippen molar-refractivity contribution < 1.29 is 14.3 Å². The van der Waals surface area contributed by atoms with Crippen LogP contribution in [0.1, 0.15) is 40.0 Å². The number of aromatic amines is 1. The van der Waals surface area contributed by atoms with Crippen LogP contribution in [0.25, 0.3) is 0 Å². The average molecular weight is 361 g/mol. The zero-order chi connectivity index (χ0) is 18.8. The van der Waals surface area contributed by atoms with Gasteiger partial charge in [-0.25, -0.2) is 0 Å². The predicted molar refractivity (Wildman–Crippen MR) is 97.3 cm³/mol. The van der Waals surface area contributed by atoms with Crippen LogP contribution in [0.2, 0.25) is 0 Å². The zero-order valence-corrected chi connectivity index (χ0v) is 15.8. The fourth-order valence-electron chi connectivity index (χ4n) is 3.79. The third-order valence-corrected chi connectivity index (χ3v) is 5.62. The molecule has 7 nitrogen and oxygen atoms in total. The molecule has 7 heteroatoms. The normalized spacial score (nSPS) is 21.0. The first-order valence-electron chi connectivity index (χ1n) is 9.26. The number of amides is 2. The van der Waals surface area contributed by atoms with Gasteiger partial charge in [0, 0.05) is 31.9 Å². The Labute approximate surface area is 153 Å². The molecule has 1 unspecified atom stereocenters. The van der Waals surface area contributed by atoms with E-state index in [0.717, 1.165) is 29.7 Å². The minimum atomic E-state index is -0.350. The first-order valence-corrected chi connectivity index (χ1v) is 9.26. The maximum absolute atomic E-state index is 13.0. The van der Waals surface area contributed by atoms with Gasteiger partial charge in [0.05, 0.1) is 19.1 Å². The molecular formula is C19H27N3O4. The van der Waals surface area contributed by atoms with Crippen LogP contribution in [-0.2, 0) is 9.53 Å². The molecule has 0 spiro atoms. The van der Waals surface area contributed by atoms with Crippen LogP contribution in [-0.4, -0.2) is 66.0 Å². The zero-order valence-electron chi connectivity index (χ0n) is 15.8.